The van der Waals surface area contributed by atoms with E-state index in [-0.39, 0.29) is 35.5 Å². The third-order valence-corrected chi connectivity index (χ3v) is 3.02. The van der Waals surface area contributed by atoms with Crippen LogP contribution in [0.5, 0.6) is 0 Å². The van der Waals surface area contributed by atoms with Crippen LogP contribution in [-0.2, 0) is 4.79 Å². The number of amides is 3. The summed E-state index contributed by atoms with van der Waals surface area (Å²) in [6.45, 7) is 3.76. The second-order valence-corrected chi connectivity index (χ2v) is 3.43. The fraction of sp³-hybridized carbons (Fsp3) is 0.625. The summed E-state index contributed by atoms with van der Waals surface area (Å²) in [6.07, 6.45) is 1.21. The second kappa shape index (κ2) is 5.21. The van der Waals surface area contributed by atoms with E-state index in [1.54, 1.807) is 0 Å². The molecule has 1 fully saturated rings. The summed E-state index contributed by atoms with van der Waals surface area (Å²) in [4.78, 5) is 22.8. The molecule has 1 aliphatic heterocycles. The van der Waals surface area contributed by atoms with E-state index in [1.807, 2.05) is 13.8 Å². The Morgan fingerprint density at radius 2 is 1.71 bits per heavy atom. The van der Waals surface area contributed by atoms with Crippen LogP contribution in [0.4, 0.5) is 4.79 Å². The summed E-state index contributed by atoms with van der Waals surface area (Å²) in [5.74, 6) is -0.286. The standard InChI is InChI=1S/C8H12N2O2S.Na.H/c1-3-8(4-2)5(11)9-7(12)10-6(8)13;;/h3-4H2,1-2H3,(H2,9,10,11,12,13);;. The van der Waals surface area contributed by atoms with Gasteiger partial charge in [-0.15, -0.1) is 0 Å². The predicted octanol–water partition coefficient (Wildman–Crippen LogP) is 0.311. The Kier molecular flexibility index (Phi) is 5.22. The van der Waals surface area contributed by atoms with Crippen molar-refractivity contribution in [2.24, 2.45) is 5.41 Å². The van der Waals surface area contributed by atoms with Gasteiger partial charge >= 0.3 is 35.6 Å². The average molecular weight is 224 g/mol. The number of imide groups is 1. The van der Waals surface area contributed by atoms with Gasteiger partial charge in [0.2, 0.25) is 5.91 Å². The first-order valence-electron chi connectivity index (χ1n) is 4.23. The molecule has 14 heavy (non-hydrogen) atoms. The Hall–Kier alpha value is 0.0300. The van der Waals surface area contributed by atoms with Gasteiger partial charge in [-0.25, -0.2) is 4.79 Å². The van der Waals surface area contributed by atoms with Crippen LogP contribution in [0.1, 0.15) is 26.7 Å². The molecule has 74 valence electrons. The molecule has 0 radical (unpaired) electrons. The Labute approximate surface area is 110 Å². The maximum atomic E-state index is 11.5. The summed E-state index contributed by atoms with van der Waals surface area (Å²) >= 11 is 5.00. The van der Waals surface area contributed by atoms with Crippen LogP contribution >= 0.6 is 12.2 Å². The van der Waals surface area contributed by atoms with Crippen LogP contribution in [0.15, 0.2) is 0 Å². The summed E-state index contributed by atoms with van der Waals surface area (Å²) in [5, 5.41) is 4.69. The Morgan fingerprint density at radius 1 is 1.21 bits per heavy atom. The average Bonchev–Trinajstić information content (AvgIpc) is 2.05. The first-order valence-corrected chi connectivity index (χ1v) is 4.64. The van der Waals surface area contributed by atoms with Crippen LogP contribution in [0.3, 0.4) is 0 Å². The van der Waals surface area contributed by atoms with Crippen molar-refractivity contribution in [2.45, 2.75) is 26.7 Å². The molecule has 6 heteroatoms. The van der Waals surface area contributed by atoms with Gasteiger partial charge in [0.05, 0.1) is 10.4 Å². The molecule has 4 nitrogen and oxygen atoms in total. The van der Waals surface area contributed by atoms with Gasteiger partial charge in [0.1, 0.15) is 0 Å². The van der Waals surface area contributed by atoms with E-state index < -0.39 is 11.4 Å². The molecule has 0 bridgehead atoms. The first kappa shape index (κ1) is 14.0. The van der Waals surface area contributed by atoms with Crippen molar-refractivity contribution in [3.8, 4) is 0 Å². The Balaban J connectivity index is 0.00000169. The molecule has 3 amide bonds. The van der Waals surface area contributed by atoms with Gasteiger partial charge in [-0.3, -0.25) is 10.1 Å². The topological polar surface area (TPSA) is 58.2 Å². The van der Waals surface area contributed by atoms with E-state index in [1.165, 1.54) is 0 Å². The monoisotopic (exact) mass is 224 g/mol. The minimum absolute atomic E-state index is 0. The molecule has 0 aliphatic carbocycles. The molecule has 1 heterocycles. The quantitative estimate of drug-likeness (QED) is 0.524. The molecule has 1 saturated heterocycles. The van der Waals surface area contributed by atoms with E-state index in [9.17, 15) is 9.59 Å². The van der Waals surface area contributed by atoms with Crippen LogP contribution in [-0.4, -0.2) is 46.5 Å². The number of urea groups is 1. The normalized spacial score (nSPS) is 19.4. The zero-order chi connectivity index (χ0) is 10.1. The maximum absolute atomic E-state index is 11.5. The molecule has 0 atom stereocenters. The molecule has 0 spiro atoms. The van der Waals surface area contributed by atoms with E-state index >= 15 is 0 Å². The molecule has 1 aliphatic rings. The molecule has 0 aromatic carbocycles. The molecule has 2 N–H and O–H groups in total. The van der Waals surface area contributed by atoms with E-state index in [0.717, 1.165) is 0 Å². The van der Waals surface area contributed by atoms with Crippen molar-refractivity contribution < 1.29 is 9.59 Å². The van der Waals surface area contributed by atoms with E-state index in [4.69, 9.17) is 12.2 Å². The third kappa shape index (κ3) is 2.16. The van der Waals surface area contributed by atoms with Crippen LogP contribution < -0.4 is 10.6 Å². The number of hydrogen-bond acceptors (Lipinski definition) is 3. The zero-order valence-corrected chi connectivity index (χ0v) is 8.46. The number of carbonyl (C=O) groups excluding carboxylic acids is 2. The molecule has 0 unspecified atom stereocenters. The Bertz CT molecular complexity index is 255. The summed E-state index contributed by atoms with van der Waals surface area (Å²) in [5.41, 5.74) is -0.691. The van der Waals surface area contributed by atoms with Crippen LogP contribution in [0.25, 0.3) is 0 Å². The number of carbonyl (C=O) groups is 2. The van der Waals surface area contributed by atoms with Crippen molar-refractivity contribution in [3.05, 3.63) is 0 Å². The van der Waals surface area contributed by atoms with Crippen LogP contribution in [0.2, 0.25) is 0 Å². The summed E-state index contributed by atoms with van der Waals surface area (Å²) in [6, 6.07) is -0.521. The number of nitrogens with one attached hydrogen (secondary N) is 2. The van der Waals surface area contributed by atoms with Gasteiger partial charge < -0.3 is 5.32 Å². The SMILES string of the molecule is CCC1(CC)C(=O)NC(=O)NC1=S.[NaH]. The van der Waals surface area contributed by atoms with Crippen LogP contribution in [0, 0.1) is 5.41 Å². The van der Waals surface area contributed by atoms with Gasteiger partial charge in [-0.05, 0) is 12.8 Å². The first-order chi connectivity index (χ1) is 6.06. The predicted molar refractivity (Wildman–Crippen MR) is 59.4 cm³/mol. The molecule has 0 aromatic rings. The second-order valence-electron chi connectivity index (χ2n) is 3.03. The third-order valence-electron chi connectivity index (χ3n) is 2.53. The fourth-order valence-electron chi connectivity index (χ4n) is 1.47. The number of hydrogen-bond donors (Lipinski definition) is 2. The molecular formula is C8H13N2NaO2S. The Morgan fingerprint density at radius 3 is 2.07 bits per heavy atom. The van der Waals surface area contributed by atoms with Gasteiger partial charge in [0.25, 0.3) is 0 Å². The van der Waals surface area contributed by atoms with Gasteiger partial charge in [-0.2, -0.15) is 0 Å². The molecule has 1 rings (SSSR count). The van der Waals surface area contributed by atoms with Gasteiger partial charge in [0, 0.05) is 0 Å². The minimum atomic E-state index is -0.691. The van der Waals surface area contributed by atoms with E-state index in [2.05, 4.69) is 10.6 Å². The zero-order valence-electron chi connectivity index (χ0n) is 7.64. The van der Waals surface area contributed by atoms with E-state index in [0.29, 0.717) is 17.8 Å². The summed E-state index contributed by atoms with van der Waals surface area (Å²) < 4.78 is 0. The van der Waals surface area contributed by atoms with Crippen molar-refractivity contribution in [2.75, 3.05) is 0 Å². The van der Waals surface area contributed by atoms with Crippen molar-refractivity contribution in [3.63, 3.8) is 0 Å². The summed E-state index contributed by atoms with van der Waals surface area (Å²) in [7, 11) is 0. The molecule has 0 aromatic heterocycles. The molecule has 0 saturated carbocycles. The van der Waals surface area contributed by atoms with Crippen molar-refractivity contribution in [1.29, 1.82) is 0 Å². The van der Waals surface area contributed by atoms with Crippen molar-refractivity contribution in [1.82, 2.24) is 10.6 Å². The fourth-order valence-corrected chi connectivity index (χ4v) is 1.95. The van der Waals surface area contributed by atoms with Crippen molar-refractivity contribution >= 4 is 58.7 Å². The number of rotatable bonds is 2. The number of thiocarbonyl (C=S) groups is 1. The van der Waals surface area contributed by atoms with Gasteiger partial charge in [-0.1, -0.05) is 26.1 Å². The van der Waals surface area contributed by atoms with Gasteiger partial charge in [0.15, 0.2) is 0 Å². The molecular weight excluding hydrogens is 211 g/mol.